The Bertz CT molecular complexity index is 593. The molecule has 7 heteroatoms. The Morgan fingerprint density at radius 1 is 1.43 bits per heavy atom. The quantitative estimate of drug-likeness (QED) is 0.440. The van der Waals surface area contributed by atoms with Gasteiger partial charge >= 0.3 is 0 Å². The molecule has 0 aliphatic heterocycles. The summed E-state index contributed by atoms with van der Waals surface area (Å²) in [5.41, 5.74) is 0. The molecule has 2 rings (SSSR count). The first-order valence-corrected chi connectivity index (χ1v) is 8.81. The van der Waals surface area contributed by atoms with Crippen molar-refractivity contribution in [2.24, 2.45) is 10.9 Å². The SMILES string of the molecule is CN=C(NCCCc1nc(C)no1)NCC(C)Cc1cccs1. The van der Waals surface area contributed by atoms with Crippen LogP contribution < -0.4 is 10.6 Å². The summed E-state index contributed by atoms with van der Waals surface area (Å²) in [4.78, 5) is 9.87. The fourth-order valence-electron chi connectivity index (χ4n) is 2.22. The number of hydrogen-bond donors (Lipinski definition) is 2. The van der Waals surface area contributed by atoms with Gasteiger partial charge in [-0.15, -0.1) is 11.3 Å². The lowest BCUT2D eigenvalue weighted by molar-refractivity contribution is 0.372. The Labute approximate surface area is 141 Å². The van der Waals surface area contributed by atoms with Crippen molar-refractivity contribution in [3.63, 3.8) is 0 Å². The number of rotatable bonds is 8. The molecule has 2 aromatic heterocycles. The Morgan fingerprint density at radius 3 is 2.96 bits per heavy atom. The summed E-state index contributed by atoms with van der Waals surface area (Å²) in [6.45, 7) is 5.80. The van der Waals surface area contributed by atoms with Gasteiger partial charge in [0.05, 0.1) is 0 Å². The summed E-state index contributed by atoms with van der Waals surface area (Å²) in [7, 11) is 1.79. The number of aryl methyl sites for hydroxylation is 2. The van der Waals surface area contributed by atoms with Crippen molar-refractivity contribution in [2.75, 3.05) is 20.1 Å². The van der Waals surface area contributed by atoms with E-state index in [1.54, 1.807) is 7.05 Å². The maximum absolute atomic E-state index is 5.09. The average molecular weight is 335 g/mol. The van der Waals surface area contributed by atoms with Crippen molar-refractivity contribution >= 4 is 17.3 Å². The molecule has 0 amide bonds. The number of aliphatic imine (C=N–C) groups is 1. The maximum atomic E-state index is 5.09. The van der Waals surface area contributed by atoms with Gasteiger partial charge < -0.3 is 15.2 Å². The van der Waals surface area contributed by atoms with Crippen molar-refractivity contribution in [1.29, 1.82) is 0 Å². The normalized spacial score (nSPS) is 13.1. The predicted octanol–water partition coefficient (Wildman–Crippen LogP) is 2.42. The van der Waals surface area contributed by atoms with Crippen LogP contribution in [0.5, 0.6) is 0 Å². The summed E-state index contributed by atoms with van der Waals surface area (Å²) >= 11 is 1.81. The minimum absolute atomic E-state index is 0.563. The number of nitrogens with zero attached hydrogens (tertiary/aromatic N) is 3. The Balaban J connectivity index is 1.61. The standard InChI is InChI=1S/C16H25N5OS/c1-12(10-14-6-5-9-23-14)11-19-16(17-3)18-8-4-7-15-20-13(2)21-22-15/h5-6,9,12H,4,7-8,10-11H2,1-3H3,(H2,17,18,19). The lowest BCUT2D eigenvalue weighted by atomic mass is 10.1. The van der Waals surface area contributed by atoms with Crippen LogP contribution in [0.2, 0.25) is 0 Å². The summed E-state index contributed by atoms with van der Waals surface area (Å²) in [5.74, 6) is 2.78. The van der Waals surface area contributed by atoms with Crippen molar-refractivity contribution in [1.82, 2.24) is 20.8 Å². The van der Waals surface area contributed by atoms with E-state index in [0.717, 1.165) is 38.3 Å². The van der Waals surface area contributed by atoms with Crippen LogP contribution >= 0.6 is 11.3 Å². The molecule has 0 spiro atoms. The molecule has 0 aliphatic carbocycles. The van der Waals surface area contributed by atoms with Gasteiger partial charge in [-0.25, -0.2) is 0 Å². The summed E-state index contributed by atoms with van der Waals surface area (Å²) < 4.78 is 5.09. The van der Waals surface area contributed by atoms with Gasteiger partial charge in [-0.2, -0.15) is 4.98 Å². The molecule has 0 saturated heterocycles. The first kappa shape index (κ1) is 17.5. The van der Waals surface area contributed by atoms with Crippen LogP contribution in [0, 0.1) is 12.8 Å². The van der Waals surface area contributed by atoms with Crippen LogP contribution in [0.15, 0.2) is 27.0 Å². The molecule has 0 radical (unpaired) electrons. The Kier molecular flexibility index (Phi) is 7.06. The van der Waals surface area contributed by atoms with Gasteiger partial charge in [-0.05, 0) is 37.1 Å². The molecule has 0 bridgehead atoms. The highest BCUT2D eigenvalue weighted by Crippen LogP contribution is 2.13. The van der Waals surface area contributed by atoms with E-state index < -0.39 is 0 Å². The summed E-state index contributed by atoms with van der Waals surface area (Å²) in [6.07, 6.45) is 2.80. The van der Waals surface area contributed by atoms with Gasteiger partial charge in [-0.1, -0.05) is 18.1 Å². The van der Waals surface area contributed by atoms with E-state index in [1.807, 2.05) is 18.3 Å². The first-order chi connectivity index (χ1) is 11.2. The molecule has 0 aromatic carbocycles. The second-order valence-electron chi connectivity index (χ2n) is 5.61. The molecule has 0 aliphatic rings. The second-order valence-corrected chi connectivity index (χ2v) is 6.64. The zero-order valence-corrected chi connectivity index (χ0v) is 14.8. The van der Waals surface area contributed by atoms with E-state index in [9.17, 15) is 0 Å². The van der Waals surface area contributed by atoms with E-state index in [0.29, 0.717) is 17.6 Å². The smallest absolute Gasteiger partial charge is 0.226 e. The first-order valence-electron chi connectivity index (χ1n) is 7.93. The highest BCUT2D eigenvalue weighted by molar-refractivity contribution is 7.09. The summed E-state index contributed by atoms with van der Waals surface area (Å²) in [5, 5.41) is 12.6. The molecule has 6 nitrogen and oxygen atoms in total. The van der Waals surface area contributed by atoms with Gasteiger partial charge in [0.15, 0.2) is 11.8 Å². The molecule has 1 unspecified atom stereocenters. The fraction of sp³-hybridized carbons (Fsp3) is 0.562. The molecule has 2 N–H and O–H groups in total. The monoisotopic (exact) mass is 335 g/mol. The molecule has 0 fully saturated rings. The number of thiophene rings is 1. The lowest BCUT2D eigenvalue weighted by Crippen LogP contribution is -2.40. The number of guanidine groups is 1. The Hall–Kier alpha value is -1.89. The molecule has 126 valence electrons. The third-order valence-corrected chi connectivity index (χ3v) is 4.30. The van der Waals surface area contributed by atoms with E-state index in [-0.39, 0.29) is 0 Å². The van der Waals surface area contributed by atoms with Crippen LogP contribution in [-0.2, 0) is 12.8 Å². The van der Waals surface area contributed by atoms with Crippen LogP contribution in [0.25, 0.3) is 0 Å². The molecular formula is C16H25N5OS. The fourth-order valence-corrected chi connectivity index (χ4v) is 3.09. The molecular weight excluding hydrogens is 310 g/mol. The number of nitrogens with one attached hydrogen (secondary N) is 2. The van der Waals surface area contributed by atoms with Gasteiger partial charge in [0.25, 0.3) is 0 Å². The number of hydrogen-bond acceptors (Lipinski definition) is 5. The zero-order valence-electron chi connectivity index (χ0n) is 14.0. The average Bonchev–Trinajstić information content (AvgIpc) is 3.18. The van der Waals surface area contributed by atoms with Crippen molar-refractivity contribution in [2.45, 2.75) is 33.1 Å². The van der Waals surface area contributed by atoms with E-state index in [1.165, 1.54) is 4.88 Å². The van der Waals surface area contributed by atoms with Crippen molar-refractivity contribution in [3.05, 3.63) is 34.1 Å². The second kappa shape index (κ2) is 9.29. The molecule has 2 heterocycles. The predicted molar refractivity (Wildman–Crippen MR) is 93.9 cm³/mol. The maximum Gasteiger partial charge on any atom is 0.226 e. The highest BCUT2D eigenvalue weighted by atomic mass is 32.1. The molecule has 0 saturated carbocycles. The summed E-state index contributed by atoms with van der Waals surface area (Å²) in [6, 6.07) is 4.29. The largest absolute Gasteiger partial charge is 0.356 e. The minimum atomic E-state index is 0.563. The Morgan fingerprint density at radius 2 is 2.30 bits per heavy atom. The van der Waals surface area contributed by atoms with Gasteiger partial charge in [-0.3, -0.25) is 4.99 Å². The van der Waals surface area contributed by atoms with Crippen LogP contribution in [0.3, 0.4) is 0 Å². The van der Waals surface area contributed by atoms with E-state index >= 15 is 0 Å². The van der Waals surface area contributed by atoms with Gasteiger partial charge in [0, 0.05) is 31.4 Å². The van der Waals surface area contributed by atoms with Crippen LogP contribution in [0.4, 0.5) is 0 Å². The number of aromatic nitrogens is 2. The third-order valence-electron chi connectivity index (χ3n) is 3.40. The van der Waals surface area contributed by atoms with Gasteiger partial charge in [0.2, 0.25) is 5.89 Å². The molecule has 23 heavy (non-hydrogen) atoms. The van der Waals surface area contributed by atoms with Gasteiger partial charge in [0.1, 0.15) is 0 Å². The van der Waals surface area contributed by atoms with Crippen LogP contribution in [-0.4, -0.2) is 36.2 Å². The molecule has 2 aromatic rings. The van der Waals surface area contributed by atoms with E-state index in [4.69, 9.17) is 4.52 Å². The van der Waals surface area contributed by atoms with E-state index in [2.05, 4.69) is 50.2 Å². The topological polar surface area (TPSA) is 75.3 Å². The third kappa shape index (κ3) is 6.40. The van der Waals surface area contributed by atoms with Crippen LogP contribution in [0.1, 0.15) is 29.9 Å². The zero-order chi connectivity index (χ0) is 16.5. The lowest BCUT2D eigenvalue weighted by Gasteiger charge is -2.15. The highest BCUT2D eigenvalue weighted by Gasteiger charge is 2.06. The van der Waals surface area contributed by atoms with Crippen molar-refractivity contribution in [3.8, 4) is 0 Å². The minimum Gasteiger partial charge on any atom is -0.356 e. The van der Waals surface area contributed by atoms with Crippen molar-refractivity contribution < 1.29 is 4.52 Å². The molecule has 1 atom stereocenters.